The first-order valence-electron chi connectivity index (χ1n) is 4.83. The van der Waals surface area contributed by atoms with E-state index in [0.29, 0.717) is 18.8 Å². The summed E-state index contributed by atoms with van der Waals surface area (Å²) in [5.74, 6) is 0.371. The van der Waals surface area contributed by atoms with Gasteiger partial charge in [0, 0.05) is 6.54 Å². The second-order valence-corrected chi connectivity index (χ2v) is 3.63. The number of aromatic nitrogens is 4. The standard InChI is InChI=1S/C8H16N6O/c1-3-8(2,5-9)7(15)10-4-6-11-13-14-12-6/h3-5,9H2,1-2H3,(H,10,15)(H,11,12,13,14). The fraction of sp³-hybridized carbons (Fsp3) is 0.750. The van der Waals surface area contributed by atoms with Gasteiger partial charge in [0.15, 0.2) is 5.82 Å². The van der Waals surface area contributed by atoms with Gasteiger partial charge in [-0.3, -0.25) is 4.79 Å². The van der Waals surface area contributed by atoms with Crippen molar-refractivity contribution in [3.05, 3.63) is 5.82 Å². The predicted molar refractivity (Wildman–Crippen MR) is 53.5 cm³/mol. The van der Waals surface area contributed by atoms with Crippen molar-refractivity contribution >= 4 is 5.91 Å². The molecule has 0 fully saturated rings. The Labute approximate surface area is 87.8 Å². The Morgan fingerprint density at radius 3 is 2.87 bits per heavy atom. The van der Waals surface area contributed by atoms with Crippen LogP contribution in [0, 0.1) is 5.41 Å². The maximum atomic E-state index is 11.7. The Hall–Kier alpha value is -1.50. The van der Waals surface area contributed by atoms with E-state index in [1.807, 2.05) is 13.8 Å². The van der Waals surface area contributed by atoms with E-state index >= 15 is 0 Å². The van der Waals surface area contributed by atoms with Gasteiger partial charge in [-0.2, -0.15) is 5.21 Å². The first kappa shape index (κ1) is 11.6. The van der Waals surface area contributed by atoms with Crippen LogP contribution >= 0.6 is 0 Å². The third-order valence-corrected chi connectivity index (χ3v) is 2.58. The smallest absolute Gasteiger partial charge is 0.227 e. The molecule has 0 aliphatic rings. The molecule has 0 radical (unpaired) electrons. The molecule has 0 aromatic carbocycles. The first-order valence-corrected chi connectivity index (χ1v) is 4.83. The number of amides is 1. The maximum Gasteiger partial charge on any atom is 0.227 e. The zero-order chi connectivity index (χ0) is 11.3. The summed E-state index contributed by atoms with van der Waals surface area (Å²) in [4.78, 5) is 11.7. The van der Waals surface area contributed by atoms with Crippen LogP contribution in [0.3, 0.4) is 0 Å². The van der Waals surface area contributed by atoms with Gasteiger partial charge in [0.1, 0.15) is 0 Å². The van der Waals surface area contributed by atoms with E-state index in [2.05, 4.69) is 25.9 Å². The molecule has 7 heteroatoms. The average molecular weight is 212 g/mol. The molecule has 0 saturated heterocycles. The second-order valence-electron chi connectivity index (χ2n) is 3.63. The van der Waals surface area contributed by atoms with Crippen molar-refractivity contribution in [1.82, 2.24) is 25.9 Å². The number of nitrogens with two attached hydrogens (primary N) is 1. The van der Waals surface area contributed by atoms with Gasteiger partial charge in [-0.15, -0.1) is 10.2 Å². The summed E-state index contributed by atoms with van der Waals surface area (Å²) in [6, 6.07) is 0. The highest BCUT2D eigenvalue weighted by atomic mass is 16.2. The number of H-pyrrole nitrogens is 1. The third kappa shape index (κ3) is 2.72. The lowest BCUT2D eigenvalue weighted by Crippen LogP contribution is -2.43. The number of rotatable bonds is 5. The van der Waals surface area contributed by atoms with Gasteiger partial charge >= 0.3 is 0 Å². The molecule has 1 aromatic heterocycles. The van der Waals surface area contributed by atoms with Crippen LogP contribution in [-0.4, -0.2) is 33.1 Å². The van der Waals surface area contributed by atoms with Crippen LogP contribution in [0.1, 0.15) is 26.1 Å². The molecule has 7 nitrogen and oxygen atoms in total. The summed E-state index contributed by atoms with van der Waals surface area (Å²) in [6.07, 6.45) is 0.696. The minimum Gasteiger partial charge on any atom is -0.348 e. The number of nitrogens with one attached hydrogen (secondary N) is 2. The van der Waals surface area contributed by atoms with Crippen LogP contribution in [0.25, 0.3) is 0 Å². The van der Waals surface area contributed by atoms with E-state index in [1.54, 1.807) is 0 Å². The van der Waals surface area contributed by atoms with E-state index in [0.717, 1.165) is 0 Å². The molecule has 1 heterocycles. The molecule has 15 heavy (non-hydrogen) atoms. The van der Waals surface area contributed by atoms with Gasteiger partial charge in [0.05, 0.1) is 12.0 Å². The van der Waals surface area contributed by atoms with E-state index in [9.17, 15) is 4.79 Å². The zero-order valence-corrected chi connectivity index (χ0v) is 8.95. The SMILES string of the molecule is CCC(C)(CN)C(=O)NCc1nn[nH]n1. The molecule has 1 amide bonds. The molecular weight excluding hydrogens is 196 g/mol. The Bertz CT molecular complexity index is 305. The molecule has 1 unspecified atom stereocenters. The van der Waals surface area contributed by atoms with Gasteiger partial charge < -0.3 is 11.1 Å². The highest BCUT2D eigenvalue weighted by Gasteiger charge is 2.29. The van der Waals surface area contributed by atoms with Gasteiger partial charge in [-0.05, 0) is 13.3 Å². The lowest BCUT2D eigenvalue weighted by atomic mass is 9.87. The fourth-order valence-electron chi connectivity index (χ4n) is 1.03. The van der Waals surface area contributed by atoms with E-state index in [1.165, 1.54) is 0 Å². The lowest BCUT2D eigenvalue weighted by molar-refractivity contribution is -0.130. The summed E-state index contributed by atoms with van der Waals surface area (Å²) < 4.78 is 0. The Kier molecular flexibility index (Phi) is 3.73. The van der Waals surface area contributed by atoms with E-state index in [-0.39, 0.29) is 12.5 Å². The van der Waals surface area contributed by atoms with E-state index < -0.39 is 5.41 Å². The molecule has 4 N–H and O–H groups in total. The molecule has 1 rings (SSSR count). The van der Waals surface area contributed by atoms with Crippen LogP contribution in [-0.2, 0) is 11.3 Å². The number of carbonyl (C=O) groups excluding carboxylic acids is 1. The number of carbonyl (C=O) groups is 1. The number of aromatic amines is 1. The van der Waals surface area contributed by atoms with Crippen molar-refractivity contribution in [2.24, 2.45) is 11.1 Å². The molecule has 0 saturated carbocycles. The summed E-state index contributed by atoms with van der Waals surface area (Å²) in [7, 11) is 0. The highest BCUT2D eigenvalue weighted by Crippen LogP contribution is 2.18. The van der Waals surface area contributed by atoms with Crippen molar-refractivity contribution in [3.63, 3.8) is 0 Å². The highest BCUT2D eigenvalue weighted by molar-refractivity contribution is 5.82. The maximum absolute atomic E-state index is 11.7. The normalized spacial score (nSPS) is 14.6. The van der Waals surface area contributed by atoms with E-state index in [4.69, 9.17) is 5.73 Å². The van der Waals surface area contributed by atoms with Crippen molar-refractivity contribution in [1.29, 1.82) is 0 Å². The second kappa shape index (κ2) is 4.83. The summed E-state index contributed by atoms with van der Waals surface area (Å²) in [5, 5.41) is 15.9. The van der Waals surface area contributed by atoms with Crippen LogP contribution in [0.2, 0.25) is 0 Å². The topological polar surface area (TPSA) is 110 Å². The number of hydrogen-bond acceptors (Lipinski definition) is 5. The lowest BCUT2D eigenvalue weighted by Gasteiger charge is -2.24. The van der Waals surface area contributed by atoms with Crippen LogP contribution in [0.4, 0.5) is 0 Å². The molecule has 1 atom stereocenters. The van der Waals surface area contributed by atoms with Gasteiger partial charge in [0.25, 0.3) is 0 Å². The molecular formula is C8H16N6O. The van der Waals surface area contributed by atoms with Gasteiger partial charge in [-0.25, -0.2) is 0 Å². The summed E-state index contributed by atoms with van der Waals surface area (Å²) >= 11 is 0. The van der Waals surface area contributed by atoms with Crippen molar-refractivity contribution in [2.75, 3.05) is 6.54 Å². The molecule has 0 aliphatic carbocycles. The van der Waals surface area contributed by atoms with Gasteiger partial charge in [0.2, 0.25) is 5.91 Å². The van der Waals surface area contributed by atoms with Crippen LogP contribution < -0.4 is 11.1 Å². The number of tetrazole rings is 1. The number of hydrogen-bond donors (Lipinski definition) is 3. The van der Waals surface area contributed by atoms with Crippen molar-refractivity contribution < 1.29 is 4.79 Å². The Morgan fingerprint density at radius 1 is 1.67 bits per heavy atom. The third-order valence-electron chi connectivity index (χ3n) is 2.58. The van der Waals surface area contributed by atoms with Gasteiger partial charge in [-0.1, -0.05) is 12.1 Å². The summed E-state index contributed by atoms with van der Waals surface area (Å²) in [6.45, 7) is 4.35. The minimum atomic E-state index is -0.524. The molecule has 0 spiro atoms. The summed E-state index contributed by atoms with van der Waals surface area (Å²) in [5.41, 5.74) is 5.03. The largest absolute Gasteiger partial charge is 0.348 e. The Balaban J connectivity index is 2.48. The average Bonchev–Trinajstić information content (AvgIpc) is 2.77. The predicted octanol–water partition coefficient (Wildman–Crippen LogP) is -0.809. The first-order chi connectivity index (χ1) is 7.12. The van der Waals surface area contributed by atoms with Crippen LogP contribution in [0.15, 0.2) is 0 Å². The minimum absolute atomic E-state index is 0.0858. The number of nitrogens with zero attached hydrogens (tertiary/aromatic N) is 3. The van der Waals surface area contributed by atoms with Crippen molar-refractivity contribution in [2.45, 2.75) is 26.8 Å². The monoisotopic (exact) mass is 212 g/mol. The molecule has 0 bridgehead atoms. The Morgan fingerprint density at radius 2 is 2.40 bits per heavy atom. The molecule has 84 valence electrons. The molecule has 1 aromatic rings. The van der Waals surface area contributed by atoms with Crippen LogP contribution in [0.5, 0.6) is 0 Å². The quantitative estimate of drug-likeness (QED) is 0.591. The molecule has 0 aliphatic heterocycles. The zero-order valence-electron chi connectivity index (χ0n) is 8.95. The fourth-order valence-corrected chi connectivity index (χ4v) is 1.03. The van der Waals surface area contributed by atoms with Crippen molar-refractivity contribution in [3.8, 4) is 0 Å².